The molecule has 2 rings (SSSR count). The van der Waals surface area contributed by atoms with Crippen molar-refractivity contribution in [2.24, 2.45) is 0 Å². The average molecular weight is 362 g/mol. The summed E-state index contributed by atoms with van der Waals surface area (Å²) in [6.07, 6.45) is 0. The van der Waals surface area contributed by atoms with Gasteiger partial charge in [-0.15, -0.1) is 0 Å². The fourth-order valence-electron chi connectivity index (χ4n) is 2.18. The molecule has 2 aromatic carbocycles. The van der Waals surface area contributed by atoms with Gasteiger partial charge >= 0.3 is 0 Å². The number of methoxy groups -OCH3 is 1. The summed E-state index contributed by atoms with van der Waals surface area (Å²) in [5.74, 6) is -0.0110. The summed E-state index contributed by atoms with van der Waals surface area (Å²) in [4.78, 5) is 25.9. The molecule has 25 heavy (non-hydrogen) atoms. The molecule has 2 amide bonds. The van der Waals surface area contributed by atoms with Crippen molar-refractivity contribution in [3.05, 3.63) is 53.1 Å². The highest BCUT2D eigenvalue weighted by molar-refractivity contribution is 6.31. The van der Waals surface area contributed by atoms with E-state index in [1.165, 1.54) is 7.11 Å². The van der Waals surface area contributed by atoms with Crippen molar-refractivity contribution in [1.29, 1.82) is 0 Å². The number of nitrogens with zero attached hydrogens (tertiary/aromatic N) is 1. The summed E-state index contributed by atoms with van der Waals surface area (Å²) in [5.41, 5.74) is 1.65. The Labute approximate surface area is 151 Å². The third-order valence-electron chi connectivity index (χ3n) is 3.29. The van der Waals surface area contributed by atoms with Gasteiger partial charge in [0, 0.05) is 16.4 Å². The Hall–Kier alpha value is -2.57. The second kappa shape index (κ2) is 8.50. The Morgan fingerprint density at radius 1 is 1.04 bits per heavy atom. The molecule has 2 N–H and O–H groups in total. The Morgan fingerprint density at radius 3 is 2.20 bits per heavy atom. The van der Waals surface area contributed by atoms with Crippen LogP contribution in [0.5, 0.6) is 5.75 Å². The molecule has 0 saturated carbocycles. The molecule has 0 bridgehead atoms. The Balaban J connectivity index is 2.03. The number of anilines is 2. The molecule has 0 atom stereocenters. The standard InChI is InChI=1S/C18H20ClN3O3/c1-22(2)11-17(23)20-13-5-7-14(8-6-13)21-18(24)15-9-4-12(19)10-16(15)25-3/h4-10H,11H2,1-3H3,(H,20,23)(H,21,24). The first-order valence-electron chi connectivity index (χ1n) is 7.58. The number of hydrogen-bond donors (Lipinski definition) is 2. The molecule has 2 aromatic rings. The number of carbonyl (C=O) groups excluding carboxylic acids is 2. The number of amides is 2. The van der Waals surface area contributed by atoms with Crippen LogP contribution in [0.3, 0.4) is 0 Å². The van der Waals surface area contributed by atoms with Crippen molar-refractivity contribution >= 4 is 34.8 Å². The lowest BCUT2D eigenvalue weighted by molar-refractivity contribution is -0.116. The minimum Gasteiger partial charge on any atom is -0.496 e. The van der Waals surface area contributed by atoms with Crippen molar-refractivity contribution < 1.29 is 14.3 Å². The fraction of sp³-hybridized carbons (Fsp3) is 0.222. The molecule has 132 valence electrons. The highest BCUT2D eigenvalue weighted by Gasteiger charge is 2.13. The lowest BCUT2D eigenvalue weighted by Crippen LogP contribution is -2.27. The van der Waals surface area contributed by atoms with E-state index in [4.69, 9.17) is 16.3 Å². The quantitative estimate of drug-likeness (QED) is 0.829. The summed E-state index contributed by atoms with van der Waals surface area (Å²) < 4.78 is 5.18. The maximum atomic E-state index is 12.4. The van der Waals surface area contributed by atoms with Gasteiger partial charge in [0.1, 0.15) is 5.75 Å². The summed E-state index contributed by atoms with van der Waals surface area (Å²) in [6, 6.07) is 11.7. The second-order valence-electron chi connectivity index (χ2n) is 5.66. The summed E-state index contributed by atoms with van der Waals surface area (Å²) >= 11 is 5.90. The smallest absolute Gasteiger partial charge is 0.259 e. The van der Waals surface area contributed by atoms with E-state index in [-0.39, 0.29) is 11.8 Å². The van der Waals surface area contributed by atoms with Gasteiger partial charge in [0.15, 0.2) is 0 Å². The van der Waals surface area contributed by atoms with Crippen LogP contribution in [0.1, 0.15) is 10.4 Å². The monoisotopic (exact) mass is 361 g/mol. The van der Waals surface area contributed by atoms with Gasteiger partial charge < -0.3 is 20.3 Å². The zero-order chi connectivity index (χ0) is 18.4. The third kappa shape index (κ3) is 5.48. The second-order valence-corrected chi connectivity index (χ2v) is 6.10. The van der Waals surface area contributed by atoms with Crippen molar-refractivity contribution in [1.82, 2.24) is 4.90 Å². The van der Waals surface area contributed by atoms with Crippen LogP contribution in [0.4, 0.5) is 11.4 Å². The molecule has 0 aliphatic carbocycles. The van der Waals surface area contributed by atoms with Crippen LogP contribution in [0.15, 0.2) is 42.5 Å². The van der Waals surface area contributed by atoms with E-state index >= 15 is 0 Å². The Bertz CT molecular complexity index is 761. The number of benzene rings is 2. The predicted molar refractivity (Wildman–Crippen MR) is 99.6 cm³/mol. The Kier molecular flexibility index (Phi) is 6.38. The van der Waals surface area contributed by atoms with E-state index in [1.54, 1.807) is 47.4 Å². The molecule has 0 aliphatic heterocycles. The molecule has 0 radical (unpaired) electrons. The van der Waals surface area contributed by atoms with Gasteiger partial charge in [-0.1, -0.05) is 11.6 Å². The number of ether oxygens (including phenoxy) is 1. The van der Waals surface area contributed by atoms with Crippen LogP contribution >= 0.6 is 11.6 Å². The van der Waals surface area contributed by atoms with E-state index in [9.17, 15) is 9.59 Å². The van der Waals surface area contributed by atoms with Gasteiger partial charge in [0.2, 0.25) is 5.91 Å². The lowest BCUT2D eigenvalue weighted by atomic mass is 10.1. The summed E-state index contributed by atoms with van der Waals surface area (Å²) in [7, 11) is 5.13. The number of halogens is 1. The molecule has 0 saturated heterocycles. The van der Waals surface area contributed by atoms with Crippen LogP contribution < -0.4 is 15.4 Å². The molecule has 0 spiro atoms. The van der Waals surface area contributed by atoms with Crippen molar-refractivity contribution in [3.8, 4) is 5.75 Å². The third-order valence-corrected chi connectivity index (χ3v) is 3.53. The van der Waals surface area contributed by atoms with E-state index in [0.717, 1.165) is 0 Å². The topological polar surface area (TPSA) is 70.7 Å². The minimum atomic E-state index is -0.307. The highest BCUT2D eigenvalue weighted by Crippen LogP contribution is 2.24. The van der Waals surface area contributed by atoms with Crippen molar-refractivity contribution in [3.63, 3.8) is 0 Å². The van der Waals surface area contributed by atoms with Crippen molar-refractivity contribution in [2.75, 3.05) is 38.4 Å². The van der Waals surface area contributed by atoms with E-state index in [1.807, 2.05) is 14.1 Å². The molecule has 0 aliphatic rings. The first-order valence-corrected chi connectivity index (χ1v) is 7.96. The number of nitrogens with one attached hydrogen (secondary N) is 2. The number of carbonyl (C=O) groups is 2. The summed E-state index contributed by atoms with van der Waals surface area (Å²) in [5, 5.41) is 6.06. The number of hydrogen-bond acceptors (Lipinski definition) is 4. The molecule has 0 unspecified atom stereocenters. The average Bonchev–Trinajstić information content (AvgIpc) is 2.55. The molecule has 0 heterocycles. The van der Waals surface area contributed by atoms with Gasteiger partial charge in [-0.2, -0.15) is 0 Å². The Morgan fingerprint density at radius 2 is 1.64 bits per heavy atom. The maximum Gasteiger partial charge on any atom is 0.259 e. The van der Waals surface area contributed by atoms with Crippen molar-refractivity contribution in [2.45, 2.75) is 0 Å². The maximum absolute atomic E-state index is 12.4. The van der Waals surface area contributed by atoms with Gasteiger partial charge in [-0.25, -0.2) is 0 Å². The SMILES string of the molecule is COc1cc(Cl)ccc1C(=O)Nc1ccc(NC(=O)CN(C)C)cc1. The minimum absolute atomic E-state index is 0.104. The number of rotatable bonds is 6. The molecular weight excluding hydrogens is 342 g/mol. The normalized spacial score (nSPS) is 10.4. The van der Waals surface area contributed by atoms with Gasteiger partial charge in [0.05, 0.1) is 19.2 Å². The van der Waals surface area contributed by atoms with Crippen LogP contribution in [0.25, 0.3) is 0 Å². The molecule has 0 aromatic heterocycles. The first kappa shape index (κ1) is 18.8. The van der Waals surface area contributed by atoms with Crippen LogP contribution in [0.2, 0.25) is 5.02 Å². The zero-order valence-electron chi connectivity index (χ0n) is 14.3. The van der Waals surface area contributed by atoms with Gasteiger partial charge in [-0.05, 0) is 56.6 Å². The lowest BCUT2D eigenvalue weighted by Gasteiger charge is -2.12. The highest BCUT2D eigenvalue weighted by atomic mass is 35.5. The van der Waals surface area contributed by atoms with Crippen LogP contribution in [0, 0.1) is 0 Å². The van der Waals surface area contributed by atoms with Crippen LogP contribution in [-0.4, -0.2) is 44.5 Å². The predicted octanol–water partition coefficient (Wildman–Crippen LogP) is 3.10. The van der Waals surface area contributed by atoms with Crippen LogP contribution in [-0.2, 0) is 4.79 Å². The van der Waals surface area contributed by atoms with E-state index in [2.05, 4.69) is 10.6 Å². The first-order chi connectivity index (χ1) is 11.9. The molecule has 0 fully saturated rings. The van der Waals surface area contributed by atoms with Gasteiger partial charge in [0.25, 0.3) is 5.91 Å². The fourth-order valence-corrected chi connectivity index (χ4v) is 2.34. The molecule has 7 heteroatoms. The number of likely N-dealkylation sites (N-methyl/N-ethyl adjacent to an activating group) is 1. The molecular formula is C18H20ClN3O3. The van der Waals surface area contributed by atoms with E-state index in [0.29, 0.717) is 34.3 Å². The zero-order valence-corrected chi connectivity index (χ0v) is 15.1. The largest absolute Gasteiger partial charge is 0.496 e. The molecule has 6 nitrogen and oxygen atoms in total. The van der Waals surface area contributed by atoms with E-state index < -0.39 is 0 Å². The summed E-state index contributed by atoms with van der Waals surface area (Å²) in [6.45, 7) is 0.300. The van der Waals surface area contributed by atoms with Gasteiger partial charge in [-0.3, -0.25) is 9.59 Å².